The average Bonchev–Trinajstić information content (AvgIpc) is 3.67. The number of nitrogens with one attached hydrogen (secondary N) is 1. The van der Waals surface area contributed by atoms with Gasteiger partial charge in [0, 0.05) is 90.0 Å². The van der Waals surface area contributed by atoms with Crippen molar-refractivity contribution in [2.24, 2.45) is 0 Å². The van der Waals surface area contributed by atoms with E-state index >= 15 is 0 Å². The van der Waals surface area contributed by atoms with Crippen LogP contribution in [-0.4, -0.2) is 60.3 Å². The van der Waals surface area contributed by atoms with Crippen LogP contribution in [0.3, 0.4) is 0 Å². The summed E-state index contributed by atoms with van der Waals surface area (Å²) in [6.07, 6.45) is 14.5. The van der Waals surface area contributed by atoms with Crippen molar-refractivity contribution >= 4 is 56.9 Å². The van der Waals surface area contributed by atoms with Crippen LogP contribution in [0.25, 0.3) is 11.1 Å². The van der Waals surface area contributed by atoms with Crippen molar-refractivity contribution in [2.45, 2.75) is 137 Å². The highest BCUT2D eigenvalue weighted by atomic mass is 16.3. The van der Waals surface area contributed by atoms with Gasteiger partial charge in [0.2, 0.25) is 11.4 Å². The zero-order valence-corrected chi connectivity index (χ0v) is 40.0. The van der Waals surface area contributed by atoms with E-state index in [0.717, 1.165) is 142 Å². The molecule has 2 aliphatic carbocycles. The number of hydrogen-bond acceptors (Lipinski definition) is 6. The molecule has 7 rings (SSSR count). The molecule has 2 aliphatic heterocycles. The highest BCUT2D eigenvalue weighted by Crippen LogP contribution is 2.49. The molecular formula is C56H70N4O4. The van der Waals surface area contributed by atoms with Crippen LogP contribution in [-0.2, 0) is 20.4 Å². The Labute approximate surface area is 382 Å². The number of hydrogen-bond donors (Lipinski definition) is 1. The first-order valence-electron chi connectivity index (χ1n) is 24.3. The summed E-state index contributed by atoms with van der Waals surface area (Å²) in [6, 6.07) is 20.2. The smallest absolute Gasteiger partial charge is 0.219 e. The molecule has 338 valence electrons. The SMILES string of the molecule is CCCCN(CCCC)c1ccc(C2=C([O-])/C(=C/C3=[NH+]c4c(ccc5c4C(C)(C)C(/C=C4\C(=O)C(c6ccc(N(CCCC)CCCC)cc6)=C4[O-])=[N+]5CCCC)C3(C)C)C2=O)cc1. The van der Waals surface area contributed by atoms with Gasteiger partial charge < -0.3 is 20.0 Å². The predicted octanol–water partition coefficient (Wildman–Crippen LogP) is 8.68. The monoisotopic (exact) mass is 863 g/mol. The summed E-state index contributed by atoms with van der Waals surface area (Å²) in [6.45, 7) is 24.2. The number of fused-ring (bicyclic) bond motifs is 3. The van der Waals surface area contributed by atoms with E-state index in [0.29, 0.717) is 11.1 Å². The molecule has 0 unspecified atom stereocenters. The third kappa shape index (κ3) is 8.45. The molecule has 0 saturated heterocycles. The first-order valence-corrected chi connectivity index (χ1v) is 24.3. The van der Waals surface area contributed by atoms with Crippen LogP contribution in [0.2, 0.25) is 0 Å². The summed E-state index contributed by atoms with van der Waals surface area (Å²) in [4.78, 5) is 36.2. The van der Waals surface area contributed by atoms with Gasteiger partial charge in [-0.25, -0.2) is 4.99 Å². The number of carbonyl (C=O) groups is 2. The van der Waals surface area contributed by atoms with Crippen molar-refractivity contribution in [2.75, 3.05) is 42.5 Å². The van der Waals surface area contributed by atoms with Crippen LogP contribution in [0.5, 0.6) is 0 Å². The van der Waals surface area contributed by atoms with Crippen LogP contribution in [0.1, 0.15) is 149 Å². The van der Waals surface area contributed by atoms with Crippen molar-refractivity contribution in [3.8, 4) is 0 Å². The summed E-state index contributed by atoms with van der Waals surface area (Å²) >= 11 is 0. The van der Waals surface area contributed by atoms with Crippen LogP contribution in [0.4, 0.5) is 22.7 Å². The van der Waals surface area contributed by atoms with Crippen LogP contribution < -0.4 is 25.0 Å². The molecule has 0 amide bonds. The lowest BCUT2D eigenvalue weighted by atomic mass is 9.74. The third-order valence-electron chi connectivity index (χ3n) is 14.0. The number of rotatable bonds is 21. The van der Waals surface area contributed by atoms with Crippen molar-refractivity contribution < 1.29 is 29.4 Å². The van der Waals surface area contributed by atoms with Gasteiger partial charge in [-0.15, -0.1) is 0 Å². The molecule has 8 nitrogen and oxygen atoms in total. The quantitative estimate of drug-likeness (QED) is 0.0850. The summed E-state index contributed by atoms with van der Waals surface area (Å²) < 4.78 is 2.28. The third-order valence-corrected chi connectivity index (χ3v) is 14.0. The molecule has 0 radical (unpaired) electrons. The number of allylic oxidation sites excluding steroid dienone is 6. The van der Waals surface area contributed by atoms with Gasteiger partial charge in [-0.3, -0.25) is 9.59 Å². The number of carbonyl (C=O) groups excluding carboxylic acids is 2. The molecule has 0 atom stereocenters. The minimum absolute atomic E-state index is 0.196. The number of anilines is 2. The lowest BCUT2D eigenvalue weighted by Crippen LogP contribution is -2.66. The molecule has 0 spiro atoms. The van der Waals surface area contributed by atoms with E-state index in [1.807, 2.05) is 54.6 Å². The summed E-state index contributed by atoms with van der Waals surface area (Å²) in [5.74, 6) is -0.880. The van der Waals surface area contributed by atoms with Crippen LogP contribution >= 0.6 is 0 Å². The van der Waals surface area contributed by atoms with Gasteiger partial charge in [-0.05, 0) is 94.8 Å². The number of Topliss-reactive ketones (excluding diaryl/α,β-unsaturated/α-hetero) is 2. The minimum Gasteiger partial charge on any atom is -0.871 e. The second-order valence-electron chi connectivity index (χ2n) is 19.2. The van der Waals surface area contributed by atoms with Crippen molar-refractivity contribution in [1.82, 2.24) is 0 Å². The maximum atomic E-state index is 13.9. The van der Waals surface area contributed by atoms with Crippen LogP contribution in [0.15, 0.2) is 95.5 Å². The summed E-state index contributed by atoms with van der Waals surface area (Å²) in [5.41, 5.74) is 9.24. The molecule has 4 aliphatic rings. The Hall–Kier alpha value is -5.50. The second-order valence-corrected chi connectivity index (χ2v) is 19.2. The predicted molar refractivity (Wildman–Crippen MR) is 260 cm³/mol. The largest absolute Gasteiger partial charge is 0.871 e. The molecule has 3 aromatic carbocycles. The van der Waals surface area contributed by atoms with Gasteiger partial charge in [0.1, 0.15) is 12.1 Å². The average molecular weight is 863 g/mol. The number of unbranched alkanes of at least 4 members (excludes halogenated alkanes) is 5. The van der Waals surface area contributed by atoms with Crippen LogP contribution in [0, 0.1) is 0 Å². The Morgan fingerprint density at radius 3 is 1.44 bits per heavy atom. The number of benzene rings is 3. The van der Waals surface area contributed by atoms with Crippen molar-refractivity contribution in [1.29, 1.82) is 0 Å². The fourth-order valence-corrected chi connectivity index (χ4v) is 9.87. The Kier molecular flexibility index (Phi) is 14.0. The fraction of sp³-hybridized carbons (Fsp3) is 0.464. The molecule has 0 bridgehead atoms. The molecule has 8 heteroatoms. The van der Waals surface area contributed by atoms with Gasteiger partial charge in [-0.1, -0.05) is 103 Å². The molecular weight excluding hydrogens is 793 g/mol. The normalized spacial score (nSPS) is 18.5. The fourth-order valence-electron chi connectivity index (χ4n) is 9.87. The van der Waals surface area contributed by atoms with Gasteiger partial charge >= 0.3 is 0 Å². The van der Waals surface area contributed by atoms with Gasteiger partial charge in [-0.2, -0.15) is 4.58 Å². The molecule has 0 aromatic heterocycles. The maximum absolute atomic E-state index is 13.9. The minimum atomic E-state index is -0.580. The van der Waals surface area contributed by atoms with E-state index in [1.165, 1.54) is 0 Å². The topological polar surface area (TPSA) is 104 Å². The lowest BCUT2D eigenvalue weighted by Gasteiger charge is -2.31. The molecule has 3 aromatic rings. The van der Waals surface area contributed by atoms with Crippen molar-refractivity contribution in [3.05, 3.63) is 118 Å². The number of nitrogens with zero attached hydrogens (tertiary/aromatic N) is 3. The lowest BCUT2D eigenvalue weighted by molar-refractivity contribution is -0.438. The van der Waals surface area contributed by atoms with Gasteiger partial charge in [0.05, 0.1) is 10.8 Å². The Morgan fingerprint density at radius 2 is 1.02 bits per heavy atom. The number of ketones is 2. The Morgan fingerprint density at radius 1 is 0.578 bits per heavy atom. The molecule has 0 saturated carbocycles. The van der Waals surface area contributed by atoms with E-state index in [2.05, 4.69) is 93.8 Å². The van der Waals surface area contributed by atoms with E-state index in [-0.39, 0.29) is 45.4 Å². The molecule has 2 heterocycles. The second kappa shape index (κ2) is 19.3. The molecule has 0 fully saturated rings. The van der Waals surface area contributed by atoms with Gasteiger partial charge in [0.25, 0.3) is 0 Å². The van der Waals surface area contributed by atoms with E-state index in [4.69, 9.17) is 0 Å². The highest BCUT2D eigenvalue weighted by Gasteiger charge is 2.53. The zero-order valence-electron chi connectivity index (χ0n) is 40.0. The van der Waals surface area contributed by atoms with Gasteiger partial charge in [0.15, 0.2) is 23.0 Å². The first kappa shape index (κ1) is 46.5. The van der Waals surface area contributed by atoms with E-state index < -0.39 is 10.8 Å². The Balaban J connectivity index is 1.18. The van der Waals surface area contributed by atoms with E-state index in [9.17, 15) is 19.8 Å². The molecule has 1 N–H and O–H groups in total. The van der Waals surface area contributed by atoms with E-state index in [1.54, 1.807) is 6.08 Å². The standard InChI is InChI=1S/C56H70N4O4/c1-10-15-30-58(31-16-11-2)39-24-20-37(21-25-39)47-51(61)41(52(47)62)35-45-55(6,7)43-28-29-44-49(50(43)57-45)56(8,9)46(60(44)34-19-14-5)36-42-53(63)48(54(42)64)38-22-26-40(27-23-38)59(32-17-12-3)33-18-13-4/h20-29,35-36H,10-19,30-34H2,1-9H3,(H-,61,62,63,64). The summed E-state index contributed by atoms with van der Waals surface area (Å²) in [5, 5.41) is 27.7. The zero-order chi connectivity index (χ0) is 45.9. The molecule has 64 heavy (non-hydrogen) atoms. The Bertz CT molecular complexity index is 2460. The highest BCUT2D eigenvalue weighted by molar-refractivity contribution is 6.40. The first-order chi connectivity index (χ1) is 30.7. The van der Waals surface area contributed by atoms with Crippen molar-refractivity contribution in [3.63, 3.8) is 0 Å². The maximum Gasteiger partial charge on any atom is 0.219 e. The summed E-state index contributed by atoms with van der Waals surface area (Å²) in [7, 11) is 0.